The van der Waals surface area contributed by atoms with Crippen LogP contribution >= 0.6 is 11.5 Å². The van der Waals surface area contributed by atoms with Crippen LogP contribution in [0.2, 0.25) is 0 Å². The SMILES string of the molecule is CCC(C(=O)NCC1CCN(c2nc(Cc3cccc(OC)c3)ns2)CC1)c1ccccc1. The van der Waals surface area contributed by atoms with E-state index in [1.165, 1.54) is 11.5 Å². The number of aromatic nitrogens is 2. The summed E-state index contributed by atoms with van der Waals surface area (Å²) < 4.78 is 9.88. The summed E-state index contributed by atoms with van der Waals surface area (Å²) in [5.74, 6) is 2.27. The molecule has 0 saturated carbocycles. The van der Waals surface area contributed by atoms with Gasteiger partial charge in [0.2, 0.25) is 11.0 Å². The zero-order chi connectivity index (χ0) is 23.0. The first-order valence-corrected chi connectivity index (χ1v) is 12.5. The summed E-state index contributed by atoms with van der Waals surface area (Å²) in [6.45, 7) is 4.71. The van der Waals surface area contributed by atoms with Crippen LogP contribution in [0.3, 0.4) is 0 Å². The maximum atomic E-state index is 12.8. The van der Waals surface area contributed by atoms with E-state index in [4.69, 9.17) is 9.72 Å². The fourth-order valence-corrected chi connectivity index (χ4v) is 5.10. The minimum absolute atomic E-state index is 0.0734. The lowest BCUT2D eigenvalue weighted by molar-refractivity contribution is -0.122. The van der Waals surface area contributed by atoms with Gasteiger partial charge in [-0.2, -0.15) is 4.37 Å². The summed E-state index contributed by atoms with van der Waals surface area (Å²) in [7, 11) is 1.68. The quantitative estimate of drug-likeness (QED) is 0.499. The predicted octanol–water partition coefficient (Wildman–Crippen LogP) is 4.66. The lowest BCUT2D eigenvalue weighted by Gasteiger charge is -2.31. The molecule has 6 nitrogen and oxygen atoms in total. The van der Waals surface area contributed by atoms with Crippen LogP contribution in [0.25, 0.3) is 0 Å². The summed E-state index contributed by atoms with van der Waals surface area (Å²) in [6, 6.07) is 18.1. The maximum Gasteiger partial charge on any atom is 0.227 e. The van der Waals surface area contributed by atoms with Crippen LogP contribution in [0, 0.1) is 5.92 Å². The van der Waals surface area contributed by atoms with Crippen molar-refractivity contribution in [2.24, 2.45) is 5.92 Å². The molecule has 1 aliphatic heterocycles. The lowest BCUT2D eigenvalue weighted by Crippen LogP contribution is -2.39. The van der Waals surface area contributed by atoms with Gasteiger partial charge in [0.1, 0.15) is 11.6 Å². The summed E-state index contributed by atoms with van der Waals surface area (Å²) >= 11 is 1.47. The Morgan fingerprint density at radius 1 is 1.18 bits per heavy atom. The lowest BCUT2D eigenvalue weighted by atomic mass is 9.94. The van der Waals surface area contributed by atoms with Gasteiger partial charge >= 0.3 is 0 Å². The fourth-order valence-electron chi connectivity index (χ4n) is 4.36. The summed E-state index contributed by atoms with van der Waals surface area (Å²) in [5, 5.41) is 4.20. The van der Waals surface area contributed by atoms with E-state index >= 15 is 0 Å². The highest BCUT2D eigenvalue weighted by atomic mass is 32.1. The Bertz CT molecular complexity index is 1030. The Morgan fingerprint density at radius 3 is 2.70 bits per heavy atom. The molecule has 4 rings (SSSR count). The van der Waals surface area contributed by atoms with E-state index in [9.17, 15) is 4.79 Å². The van der Waals surface area contributed by atoms with Crippen LogP contribution in [0.4, 0.5) is 5.13 Å². The largest absolute Gasteiger partial charge is 0.497 e. The first-order chi connectivity index (χ1) is 16.2. The number of benzene rings is 2. The third kappa shape index (κ3) is 6.11. The number of hydrogen-bond donors (Lipinski definition) is 1. The van der Waals surface area contributed by atoms with Crippen molar-refractivity contribution in [2.75, 3.05) is 31.6 Å². The van der Waals surface area contributed by atoms with Gasteiger partial charge in [-0.1, -0.05) is 49.4 Å². The fraction of sp³-hybridized carbons (Fsp3) is 0.423. The van der Waals surface area contributed by atoms with Gasteiger partial charge in [-0.05, 0) is 48.4 Å². The highest BCUT2D eigenvalue weighted by molar-refractivity contribution is 7.09. The molecule has 7 heteroatoms. The molecule has 33 heavy (non-hydrogen) atoms. The van der Waals surface area contributed by atoms with Gasteiger partial charge in [0.05, 0.1) is 13.0 Å². The van der Waals surface area contributed by atoms with Gasteiger partial charge in [-0.15, -0.1) is 0 Å². The van der Waals surface area contributed by atoms with Crippen LogP contribution in [0.15, 0.2) is 54.6 Å². The number of nitrogens with one attached hydrogen (secondary N) is 1. The van der Waals surface area contributed by atoms with Gasteiger partial charge in [-0.3, -0.25) is 4.79 Å². The average Bonchev–Trinajstić information content (AvgIpc) is 3.32. The second-order valence-electron chi connectivity index (χ2n) is 8.57. The van der Waals surface area contributed by atoms with Gasteiger partial charge in [-0.25, -0.2) is 4.98 Å². The number of anilines is 1. The second kappa shape index (κ2) is 11.3. The van der Waals surface area contributed by atoms with Crippen molar-refractivity contribution >= 4 is 22.6 Å². The number of hydrogen-bond acceptors (Lipinski definition) is 6. The molecule has 0 bridgehead atoms. The molecule has 0 radical (unpaired) electrons. The molecular formula is C26H32N4O2S. The van der Waals surface area contributed by atoms with Gasteiger partial charge in [0.15, 0.2) is 0 Å². The van der Waals surface area contributed by atoms with Gasteiger partial charge < -0.3 is 15.0 Å². The smallest absolute Gasteiger partial charge is 0.227 e. The Labute approximate surface area is 200 Å². The van der Waals surface area contributed by atoms with E-state index in [0.717, 1.165) is 66.7 Å². The van der Waals surface area contributed by atoms with Crippen LogP contribution < -0.4 is 15.0 Å². The minimum Gasteiger partial charge on any atom is -0.497 e. The third-order valence-corrected chi connectivity index (χ3v) is 7.15. The monoisotopic (exact) mass is 464 g/mol. The highest BCUT2D eigenvalue weighted by Crippen LogP contribution is 2.26. The summed E-state index contributed by atoms with van der Waals surface area (Å²) in [5.41, 5.74) is 2.24. The molecule has 1 aliphatic rings. The molecule has 1 unspecified atom stereocenters. The average molecular weight is 465 g/mol. The Morgan fingerprint density at radius 2 is 1.97 bits per heavy atom. The molecule has 1 amide bonds. The summed E-state index contributed by atoms with van der Waals surface area (Å²) in [4.78, 5) is 19.8. The number of rotatable bonds is 9. The van der Waals surface area contributed by atoms with Crippen LogP contribution in [0.1, 0.15) is 49.1 Å². The third-order valence-electron chi connectivity index (χ3n) is 6.33. The first-order valence-electron chi connectivity index (χ1n) is 11.7. The zero-order valence-corrected chi connectivity index (χ0v) is 20.2. The number of ether oxygens (including phenoxy) is 1. The van der Waals surface area contributed by atoms with Crippen molar-refractivity contribution in [3.63, 3.8) is 0 Å². The van der Waals surface area contributed by atoms with E-state index in [1.54, 1.807) is 7.11 Å². The molecule has 1 N–H and O–H groups in total. The van der Waals surface area contributed by atoms with E-state index in [1.807, 2.05) is 48.5 Å². The van der Waals surface area contributed by atoms with Crippen molar-refractivity contribution in [2.45, 2.75) is 38.5 Å². The van der Waals surface area contributed by atoms with Crippen molar-refractivity contribution < 1.29 is 9.53 Å². The Kier molecular flexibility index (Phi) is 7.94. The number of piperidine rings is 1. The van der Waals surface area contributed by atoms with Gasteiger partial charge in [0.25, 0.3) is 0 Å². The van der Waals surface area contributed by atoms with E-state index in [2.05, 4.69) is 27.6 Å². The van der Waals surface area contributed by atoms with E-state index in [0.29, 0.717) is 12.3 Å². The highest BCUT2D eigenvalue weighted by Gasteiger charge is 2.24. The molecule has 1 aromatic heterocycles. The Hall–Kier alpha value is -2.93. The van der Waals surface area contributed by atoms with Crippen molar-refractivity contribution in [1.29, 1.82) is 0 Å². The number of methoxy groups -OCH3 is 1. The maximum absolute atomic E-state index is 12.8. The Balaban J connectivity index is 1.25. The normalized spacial score (nSPS) is 15.3. The van der Waals surface area contributed by atoms with Crippen LogP contribution in [0.5, 0.6) is 5.75 Å². The number of amides is 1. The van der Waals surface area contributed by atoms with E-state index < -0.39 is 0 Å². The van der Waals surface area contributed by atoms with Crippen LogP contribution in [-0.2, 0) is 11.2 Å². The topological polar surface area (TPSA) is 67.4 Å². The molecule has 174 valence electrons. The van der Waals surface area contributed by atoms with Crippen molar-refractivity contribution in [1.82, 2.24) is 14.7 Å². The predicted molar refractivity (Wildman–Crippen MR) is 133 cm³/mol. The molecule has 2 aromatic carbocycles. The molecule has 0 aliphatic carbocycles. The van der Waals surface area contributed by atoms with E-state index in [-0.39, 0.29) is 11.8 Å². The molecule has 0 spiro atoms. The standard InChI is InChI=1S/C26H32N4O2S/c1-3-23(21-9-5-4-6-10-21)25(31)27-18-19-12-14-30(15-13-19)26-28-24(29-33-26)17-20-8-7-11-22(16-20)32-2/h4-11,16,19,23H,3,12-15,17-18H2,1-2H3,(H,27,31). The molecule has 1 saturated heterocycles. The number of carbonyl (C=O) groups excluding carboxylic acids is 1. The number of carbonyl (C=O) groups is 1. The minimum atomic E-state index is -0.0734. The molecule has 1 atom stereocenters. The molecular weight excluding hydrogens is 432 g/mol. The van der Waals surface area contributed by atoms with Crippen molar-refractivity contribution in [3.8, 4) is 5.75 Å². The number of nitrogens with zero attached hydrogens (tertiary/aromatic N) is 3. The van der Waals surface area contributed by atoms with Crippen molar-refractivity contribution in [3.05, 3.63) is 71.5 Å². The van der Waals surface area contributed by atoms with Crippen LogP contribution in [-0.4, -0.2) is 42.0 Å². The second-order valence-corrected chi connectivity index (χ2v) is 9.30. The summed E-state index contributed by atoms with van der Waals surface area (Å²) in [6.07, 6.45) is 3.61. The molecule has 1 fully saturated rings. The zero-order valence-electron chi connectivity index (χ0n) is 19.4. The molecule has 3 aromatic rings. The molecule has 2 heterocycles. The first kappa shape index (κ1) is 23.2. The van der Waals surface area contributed by atoms with Gasteiger partial charge in [0, 0.05) is 37.6 Å².